The maximum Gasteiger partial charge on any atom is 0.242 e. The van der Waals surface area contributed by atoms with E-state index in [4.69, 9.17) is 5.11 Å². The van der Waals surface area contributed by atoms with E-state index in [1.807, 2.05) is 30.3 Å². The molecule has 6 heteroatoms. The minimum Gasteiger partial charge on any atom is -0.396 e. The molecule has 0 bridgehead atoms. The zero-order valence-electron chi connectivity index (χ0n) is 13.1. The third-order valence-corrected chi connectivity index (χ3v) is 4.38. The van der Waals surface area contributed by atoms with Gasteiger partial charge in [-0.15, -0.1) is 5.10 Å². The summed E-state index contributed by atoms with van der Waals surface area (Å²) in [5.74, 6) is 0.355. The highest BCUT2D eigenvalue weighted by atomic mass is 16.3. The lowest BCUT2D eigenvalue weighted by molar-refractivity contribution is -0.122. The van der Waals surface area contributed by atoms with Crippen molar-refractivity contribution in [3.8, 4) is 11.3 Å². The average molecular weight is 314 g/mol. The smallest absolute Gasteiger partial charge is 0.242 e. The zero-order chi connectivity index (χ0) is 16.1. The summed E-state index contributed by atoms with van der Waals surface area (Å²) in [5, 5.41) is 20.3. The van der Waals surface area contributed by atoms with Gasteiger partial charge < -0.3 is 10.4 Å². The molecule has 0 atom stereocenters. The number of carbonyl (C=O) groups excluding carboxylic acids is 1. The molecule has 1 fully saturated rings. The summed E-state index contributed by atoms with van der Waals surface area (Å²) in [6, 6.07) is 9.99. The van der Waals surface area contributed by atoms with Crippen molar-refractivity contribution in [1.29, 1.82) is 0 Å². The van der Waals surface area contributed by atoms with Crippen LogP contribution in [0.5, 0.6) is 0 Å². The number of amides is 1. The highest BCUT2D eigenvalue weighted by Crippen LogP contribution is 2.23. The Hall–Kier alpha value is -2.21. The quantitative estimate of drug-likeness (QED) is 0.879. The van der Waals surface area contributed by atoms with Gasteiger partial charge in [-0.05, 0) is 31.6 Å². The molecule has 1 aromatic carbocycles. The van der Waals surface area contributed by atoms with E-state index in [-0.39, 0.29) is 25.1 Å². The van der Waals surface area contributed by atoms with Crippen molar-refractivity contribution in [1.82, 2.24) is 20.3 Å². The van der Waals surface area contributed by atoms with Crippen LogP contribution in [0.2, 0.25) is 0 Å². The van der Waals surface area contributed by atoms with Crippen LogP contribution >= 0.6 is 0 Å². The number of carbonyl (C=O) groups is 1. The molecule has 23 heavy (non-hydrogen) atoms. The Morgan fingerprint density at radius 2 is 1.96 bits per heavy atom. The minimum atomic E-state index is -0.0399. The van der Waals surface area contributed by atoms with Crippen LogP contribution in [-0.2, 0) is 11.3 Å². The lowest BCUT2D eigenvalue weighted by Gasteiger charge is -2.27. The molecular weight excluding hydrogens is 292 g/mol. The van der Waals surface area contributed by atoms with E-state index in [1.54, 1.807) is 10.9 Å². The molecule has 0 saturated heterocycles. The van der Waals surface area contributed by atoms with Crippen LogP contribution in [-0.4, -0.2) is 38.7 Å². The van der Waals surface area contributed by atoms with Crippen LogP contribution < -0.4 is 5.32 Å². The van der Waals surface area contributed by atoms with Crippen LogP contribution in [0.3, 0.4) is 0 Å². The largest absolute Gasteiger partial charge is 0.396 e. The molecule has 1 aliphatic rings. The average Bonchev–Trinajstić information content (AvgIpc) is 3.04. The predicted octanol–water partition coefficient (Wildman–Crippen LogP) is 1.61. The van der Waals surface area contributed by atoms with Gasteiger partial charge in [0.2, 0.25) is 5.91 Å². The fraction of sp³-hybridized carbons (Fsp3) is 0.471. The van der Waals surface area contributed by atoms with Gasteiger partial charge in [0.15, 0.2) is 0 Å². The van der Waals surface area contributed by atoms with Crippen molar-refractivity contribution < 1.29 is 9.90 Å². The molecule has 3 rings (SSSR count). The van der Waals surface area contributed by atoms with E-state index in [2.05, 4.69) is 15.6 Å². The van der Waals surface area contributed by atoms with Gasteiger partial charge in [-0.1, -0.05) is 35.5 Å². The Morgan fingerprint density at radius 1 is 1.22 bits per heavy atom. The maximum absolute atomic E-state index is 12.1. The molecule has 0 unspecified atom stereocenters. The van der Waals surface area contributed by atoms with Crippen LogP contribution in [0, 0.1) is 5.92 Å². The first-order valence-electron chi connectivity index (χ1n) is 8.10. The van der Waals surface area contributed by atoms with Gasteiger partial charge in [0.1, 0.15) is 12.2 Å². The number of nitrogens with zero attached hydrogens (tertiary/aromatic N) is 3. The molecule has 1 aromatic heterocycles. The first kappa shape index (κ1) is 15.7. The number of nitrogens with one attached hydrogen (secondary N) is 1. The second-order valence-corrected chi connectivity index (χ2v) is 6.14. The number of benzene rings is 1. The normalized spacial score (nSPS) is 21.1. The van der Waals surface area contributed by atoms with Gasteiger partial charge >= 0.3 is 0 Å². The van der Waals surface area contributed by atoms with Gasteiger partial charge in [0, 0.05) is 18.2 Å². The molecule has 122 valence electrons. The Balaban J connectivity index is 1.52. The van der Waals surface area contributed by atoms with E-state index < -0.39 is 0 Å². The second-order valence-electron chi connectivity index (χ2n) is 6.14. The van der Waals surface area contributed by atoms with Gasteiger partial charge in [-0.25, -0.2) is 4.68 Å². The van der Waals surface area contributed by atoms with Crippen LogP contribution in [0.4, 0.5) is 0 Å². The Bertz CT molecular complexity index is 633. The summed E-state index contributed by atoms with van der Waals surface area (Å²) >= 11 is 0. The predicted molar refractivity (Wildman–Crippen MR) is 86.4 cm³/mol. The molecule has 0 aliphatic heterocycles. The maximum atomic E-state index is 12.1. The van der Waals surface area contributed by atoms with E-state index in [9.17, 15) is 4.79 Å². The lowest BCUT2D eigenvalue weighted by Crippen LogP contribution is -2.39. The summed E-state index contributed by atoms with van der Waals surface area (Å²) in [6.07, 6.45) is 5.61. The summed E-state index contributed by atoms with van der Waals surface area (Å²) in [4.78, 5) is 12.1. The Morgan fingerprint density at radius 3 is 2.65 bits per heavy atom. The van der Waals surface area contributed by atoms with Crippen LogP contribution in [0.15, 0.2) is 36.5 Å². The molecule has 2 aromatic rings. The SMILES string of the molecule is O=C(Cn1cc(-c2ccccc2)nn1)NC1CCC(CO)CC1. The molecule has 2 N–H and O–H groups in total. The number of hydrogen-bond donors (Lipinski definition) is 2. The Kier molecular flexibility index (Phi) is 5.02. The fourth-order valence-corrected chi connectivity index (χ4v) is 3.03. The fourth-order valence-electron chi connectivity index (χ4n) is 3.03. The lowest BCUT2D eigenvalue weighted by atomic mass is 9.86. The highest BCUT2D eigenvalue weighted by molar-refractivity contribution is 5.76. The number of aliphatic hydroxyl groups is 1. The van der Waals surface area contributed by atoms with Gasteiger partial charge in [-0.2, -0.15) is 0 Å². The topological polar surface area (TPSA) is 80.0 Å². The first-order valence-corrected chi connectivity index (χ1v) is 8.10. The minimum absolute atomic E-state index is 0.0399. The van der Waals surface area contributed by atoms with Crippen LogP contribution in [0.1, 0.15) is 25.7 Å². The molecule has 6 nitrogen and oxygen atoms in total. The van der Waals surface area contributed by atoms with Crippen molar-refractivity contribution >= 4 is 5.91 Å². The second kappa shape index (κ2) is 7.37. The van der Waals surface area contributed by atoms with E-state index in [0.29, 0.717) is 5.92 Å². The summed E-state index contributed by atoms with van der Waals surface area (Å²) in [7, 11) is 0. The van der Waals surface area contributed by atoms with Crippen molar-refractivity contribution in [2.24, 2.45) is 5.92 Å². The Labute approximate surface area is 135 Å². The molecule has 0 spiro atoms. The van der Waals surface area contributed by atoms with Gasteiger partial charge in [-0.3, -0.25) is 4.79 Å². The number of rotatable bonds is 5. The molecule has 1 aliphatic carbocycles. The highest BCUT2D eigenvalue weighted by Gasteiger charge is 2.22. The van der Waals surface area contributed by atoms with Gasteiger partial charge in [0.05, 0.1) is 6.20 Å². The molecule has 0 radical (unpaired) electrons. The monoisotopic (exact) mass is 314 g/mol. The number of hydrogen-bond acceptors (Lipinski definition) is 4. The number of aliphatic hydroxyl groups excluding tert-OH is 1. The number of aromatic nitrogens is 3. The molecular formula is C17H22N4O2. The van der Waals surface area contributed by atoms with Crippen molar-refractivity contribution in [2.75, 3.05) is 6.61 Å². The van der Waals surface area contributed by atoms with Crippen LogP contribution in [0.25, 0.3) is 11.3 Å². The summed E-state index contributed by atoms with van der Waals surface area (Å²) < 4.78 is 1.57. The zero-order valence-corrected chi connectivity index (χ0v) is 13.1. The van der Waals surface area contributed by atoms with Gasteiger partial charge in [0.25, 0.3) is 0 Å². The summed E-state index contributed by atoms with van der Waals surface area (Å²) in [5.41, 5.74) is 1.75. The van der Waals surface area contributed by atoms with E-state index in [1.165, 1.54) is 0 Å². The van der Waals surface area contributed by atoms with E-state index in [0.717, 1.165) is 36.9 Å². The first-order chi connectivity index (χ1) is 11.2. The third kappa shape index (κ3) is 4.16. The molecule has 1 heterocycles. The molecule has 1 saturated carbocycles. The van der Waals surface area contributed by atoms with Crippen molar-refractivity contribution in [3.63, 3.8) is 0 Å². The van der Waals surface area contributed by atoms with Crippen molar-refractivity contribution in [3.05, 3.63) is 36.5 Å². The third-order valence-electron chi connectivity index (χ3n) is 4.38. The molecule has 1 amide bonds. The summed E-state index contributed by atoms with van der Waals surface area (Å²) in [6.45, 7) is 0.432. The van der Waals surface area contributed by atoms with Crippen molar-refractivity contribution in [2.45, 2.75) is 38.3 Å². The standard InChI is InChI=1S/C17H22N4O2/c22-12-13-6-8-15(9-7-13)18-17(23)11-21-10-16(19-20-21)14-4-2-1-3-5-14/h1-5,10,13,15,22H,6-9,11-12H2,(H,18,23). The van der Waals surface area contributed by atoms with E-state index >= 15 is 0 Å².